The minimum Gasteiger partial charge on any atom is -0.496 e. The number of piperidine rings is 1. The summed E-state index contributed by atoms with van der Waals surface area (Å²) in [4.78, 5) is 23.2. The molecule has 29 heavy (non-hydrogen) atoms. The van der Waals surface area contributed by atoms with Gasteiger partial charge in [0, 0.05) is 37.0 Å². The Bertz CT molecular complexity index is 864. The number of ether oxygens (including phenoxy) is 3. The van der Waals surface area contributed by atoms with Crippen LogP contribution in [-0.4, -0.2) is 54.2 Å². The molecular weight excluding hydrogens is 372 g/mol. The number of amides is 1. The molecule has 2 aromatic heterocycles. The van der Waals surface area contributed by atoms with Crippen molar-refractivity contribution in [3.63, 3.8) is 0 Å². The number of pyridine rings is 2. The third-order valence-electron chi connectivity index (χ3n) is 4.99. The van der Waals surface area contributed by atoms with Crippen LogP contribution >= 0.6 is 0 Å². The lowest BCUT2D eigenvalue weighted by Gasteiger charge is -2.32. The molecule has 0 atom stereocenters. The molecule has 3 heterocycles. The molecule has 1 aliphatic rings. The molecule has 1 saturated heterocycles. The summed E-state index contributed by atoms with van der Waals surface area (Å²) in [6.07, 6.45) is 4.95. The van der Waals surface area contributed by atoms with Gasteiger partial charge in [-0.1, -0.05) is 0 Å². The van der Waals surface area contributed by atoms with E-state index in [0.717, 1.165) is 24.2 Å². The van der Waals surface area contributed by atoms with E-state index in [0.29, 0.717) is 36.1 Å². The van der Waals surface area contributed by atoms with Crippen LogP contribution in [0.25, 0.3) is 0 Å². The molecule has 0 saturated carbocycles. The predicted molar refractivity (Wildman–Crippen MR) is 110 cm³/mol. The van der Waals surface area contributed by atoms with Crippen LogP contribution in [0.5, 0.6) is 17.2 Å². The lowest BCUT2D eigenvalue weighted by molar-refractivity contribution is 0.0706. The van der Waals surface area contributed by atoms with Crippen molar-refractivity contribution in [2.24, 2.45) is 0 Å². The van der Waals surface area contributed by atoms with Gasteiger partial charge in [-0.2, -0.15) is 0 Å². The van der Waals surface area contributed by atoms with Crippen LogP contribution < -0.4 is 19.9 Å². The molecule has 0 radical (unpaired) electrons. The van der Waals surface area contributed by atoms with Crippen LogP contribution in [-0.2, 0) is 0 Å². The second kappa shape index (κ2) is 8.98. The first-order valence-corrected chi connectivity index (χ1v) is 9.72. The quantitative estimate of drug-likeness (QED) is 0.796. The SMILES string of the molecule is COc1cc(C(=O)N2CCC(c3cnc(N)cc3OC)CC2)ncc1OC(C)C. The van der Waals surface area contributed by atoms with Crippen molar-refractivity contribution in [1.82, 2.24) is 14.9 Å². The van der Waals surface area contributed by atoms with Gasteiger partial charge in [0.1, 0.15) is 17.3 Å². The van der Waals surface area contributed by atoms with E-state index in [9.17, 15) is 4.79 Å². The summed E-state index contributed by atoms with van der Waals surface area (Å²) in [5, 5.41) is 0. The van der Waals surface area contributed by atoms with E-state index in [1.165, 1.54) is 0 Å². The van der Waals surface area contributed by atoms with E-state index in [1.807, 2.05) is 18.7 Å². The van der Waals surface area contributed by atoms with Crippen LogP contribution in [0.2, 0.25) is 0 Å². The number of aromatic nitrogens is 2. The minimum atomic E-state index is -0.111. The van der Waals surface area contributed by atoms with E-state index < -0.39 is 0 Å². The summed E-state index contributed by atoms with van der Waals surface area (Å²) in [5.41, 5.74) is 7.13. The Labute approximate surface area is 171 Å². The molecule has 2 aromatic rings. The van der Waals surface area contributed by atoms with Crippen LogP contribution in [0.4, 0.5) is 5.82 Å². The van der Waals surface area contributed by atoms with Crippen LogP contribution in [0.3, 0.4) is 0 Å². The van der Waals surface area contributed by atoms with E-state index in [1.54, 1.807) is 38.7 Å². The summed E-state index contributed by atoms with van der Waals surface area (Å²) >= 11 is 0. The Kier molecular flexibility index (Phi) is 6.41. The van der Waals surface area contributed by atoms with Crippen molar-refractivity contribution in [2.45, 2.75) is 38.7 Å². The highest BCUT2D eigenvalue weighted by Crippen LogP contribution is 2.35. The van der Waals surface area contributed by atoms with Gasteiger partial charge in [-0.3, -0.25) is 4.79 Å². The Balaban J connectivity index is 1.69. The molecule has 2 N–H and O–H groups in total. The maximum absolute atomic E-state index is 12.9. The molecule has 0 unspecified atom stereocenters. The normalized spacial score (nSPS) is 14.7. The van der Waals surface area contributed by atoms with Crippen molar-refractivity contribution in [3.8, 4) is 17.2 Å². The maximum Gasteiger partial charge on any atom is 0.272 e. The summed E-state index contributed by atoms with van der Waals surface area (Å²) in [6, 6.07) is 3.38. The number of nitrogens with two attached hydrogens (primary N) is 1. The van der Waals surface area contributed by atoms with Crippen LogP contribution in [0.15, 0.2) is 24.5 Å². The van der Waals surface area contributed by atoms with Crippen molar-refractivity contribution < 1.29 is 19.0 Å². The number of nitrogens with zero attached hydrogens (tertiary/aromatic N) is 3. The fourth-order valence-electron chi connectivity index (χ4n) is 3.54. The van der Waals surface area contributed by atoms with Gasteiger partial charge in [0.05, 0.1) is 26.5 Å². The topological polar surface area (TPSA) is 99.8 Å². The van der Waals surface area contributed by atoms with Gasteiger partial charge in [-0.15, -0.1) is 0 Å². The molecule has 0 aromatic carbocycles. The molecule has 1 amide bonds. The molecule has 0 bridgehead atoms. The van der Waals surface area contributed by atoms with Gasteiger partial charge in [0.2, 0.25) is 0 Å². The minimum absolute atomic E-state index is 0.00824. The second-order valence-electron chi connectivity index (χ2n) is 7.30. The van der Waals surface area contributed by atoms with Gasteiger partial charge in [-0.05, 0) is 32.6 Å². The van der Waals surface area contributed by atoms with Gasteiger partial charge in [0.25, 0.3) is 5.91 Å². The Morgan fingerprint density at radius 1 is 1.07 bits per heavy atom. The maximum atomic E-state index is 12.9. The van der Waals surface area contributed by atoms with Crippen LogP contribution in [0.1, 0.15) is 48.7 Å². The van der Waals surface area contributed by atoms with Crippen molar-refractivity contribution >= 4 is 11.7 Å². The fourth-order valence-corrected chi connectivity index (χ4v) is 3.54. The number of hydrogen-bond acceptors (Lipinski definition) is 7. The third kappa shape index (κ3) is 4.70. The number of hydrogen-bond donors (Lipinski definition) is 1. The molecule has 8 nitrogen and oxygen atoms in total. The molecule has 1 fully saturated rings. The second-order valence-corrected chi connectivity index (χ2v) is 7.30. The standard InChI is InChI=1S/C21H28N4O4/c1-13(2)29-19-12-23-16(9-18(19)28-4)21(26)25-7-5-14(6-8-25)15-11-24-20(22)10-17(15)27-3/h9-14H,5-8H2,1-4H3,(H2,22,24). The highest BCUT2D eigenvalue weighted by Gasteiger charge is 2.27. The number of rotatable bonds is 6. The van der Waals surface area contributed by atoms with E-state index in [4.69, 9.17) is 19.9 Å². The van der Waals surface area contributed by atoms with E-state index in [2.05, 4.69) is 9.97 Å². The first kappa shape index (κ1) is 20.7. The van der Waals surface area contributed by atoms with E-state index >= 15 is 0 Å². The van der Waals surface area contributed by atoms with Gasteiger partial charge < -0.3 is 24.8 Å². The largest absolute Gasteiger partial charge is 0.496 e. The van der Waals surface area contributed by atoms with Gasteiger partial charge >= 0.3 is 0 Å². The number of likely N-dealkylation sites (tertiary alicyclic amines) is 1. The Morgan fingerprint density at radius 3 is 2.38 bits per heavy atom. The van der Waals surface area contributed by atoms with E-state index in [-0.39, 0.29) is 17.9 Å². The third-order valence-corrected chi connectivity index (χ3v) is 4.99. The number of carbonyl (C=O) groups excluding carboxylic acids is 1. The predicted octanol–water partition coefficient (Wildman–Crippen LogP) is 2.88. The van der Waals surface area contributed by atoms with Crippen molar-refractivity contribution in [3.05, 3.63) is 35.8 Å². The van der Waals surface area contributed by atoms with Crippen molar-refractivity contribution in [2.75, 3.05) is 33.0 Å². The van der Waals surface area contributed by atoms with Gasteiger partial charge in [-0.25, -0.2) is 9.97 Å². The molecule has 3 rings (SSSR count). The Morgan fingerprint density at radius 2 is 1.76 bits per heavy atom. The summed E-state index contributed by atoms with van der Waals surface area (Å²) in [6.45, 7) is 5.11. The first-order valence-electron chi connectivity index (χ1n) is 9.72. The molecular formula is C21H28N4O4. The zero-order valence-electron chi connectivity index (χ0n) is 17.3. The van der Waals surface area contributed by atoms with Crippen molar-refractivity contribution in [1.29, 1.82) is 0 Å². The van der Waals surface area contributed by atoms with Crippen LogP contribution in [0, 0.1) is 0 Å². The number of carbonyl (C=O) groups is 1. The lowest BCUT2D eigenvalue weighted by atomic mass is 9.89. The fraction of sp³-hybridized carbons (Fsp3) is 0.476. The summed E-state index contributed by atoms with van der Waals surface area (Å²) < 4.78 is 16.5. The van der Waals surface area contributed by atoms with Gasteiger partial charge in [0.15, 0.2) is 11.5 Å². The zero-order valence-corrected chi connectivity index (χ0v) is 17.3. The molecule has 0 spiro atoms. The lowest BCUT2D eigenvalue weighted by Crippen LogP contribution is -2.38. The molecule has 1 aliphatic heterocycles. The summed E-state index contributed by atoms with van der Waals surface area (Å²) in [7, 11) is 3.18. The highest BCUT2D eigenvalue weighted by molar-refractivity contribution is 5.93. The zero-order chi connectivity index (χ0) is 21.0. The monoisotopic (exact) mass is 400 g/mol. The smallest absolute Gasteiger partial charge is 0.272 e. The molecule has 156 valence electrons. The molecule has 8 heteroatoms. The first-order chi connectivity index (χ1) is 13.9. The Hall–Kier alpha value is -3.03. The average molecular weight is 400 g/mol. The number of nitrogen functional groups attached to an aromatic ring is 1. The average Bonchev–Trinajstić information content (AvgIpc) is 2.73. The highest BCUT2D eigenvalue weighted by atomic mass is 16.5. The summed E-state index contributed by atoms with van der Waals surface area (Å²) in [5.74, 6) is 2.37. The number of anilines is 1. The molecule has 0 aliphatic carbocycles. The number of methoxy groups -OCH3 is 2.